The maximum atomic E-state index is 6.49. The van der Waals surface area contributed by atoms with E-state index in [1.165, 1.54) is 33.4 Å². The molecule has 1 aliphatic carbocycles. The SMILES string of the molecule is CC1(C)c2ccccc2-c2ccc(N(c3ccc(-c4ccccc4)cc3)c3ccc(-c4ccc5c(c4)oc4ccc6oc7ccccc7c6c45)cc3)cc21. The minimum atomic E-state index is -0.0968. The van der Waals surface area contributed by atoms with Crippen LogP contribution in [0.3, 0.4) is 0 Å². The first-order chi connectivity index (χ1) is 26.5. The highest BCUT2D eigenvalue weighted by Gasteiger charge is 2.35. The van der Waals surface area contributed by atoms with E-state index in [2.05, 4.69) is 170 Å². The fraction of sp³-hybridized carbons (Fsp3) is 0.0588. The summed E-state index contributed by atoms with van der Waals surface area (Å²) in [4.78, 5) is 2.38. The lowest BCUT2D eigenvalue weighted by Gasteiger charge is -2.28. The third-order valence-electron chi connectivity index (χ3n) is 11.5. The fourth-order valence-corrected chi connectivity index (χ4v) is 8.78. The first-order valence-electron chi connectivity index (χ1n) is 18.6. The van der Waals surface area contributed by atoms with Crippen molar-refractivity contribution in [2.45, 2.75) is 19.3 Å². The molecule has 3 heteroatoms. The molecule has 1 aliphatic rings. The molecule has 0 bridgehead atoms. The summed E-state index contributed by atoms with van der Waals surface area (Å²) in [5.41, 5.74) is 16.8. The lowest BCUT2D eigenvalue weighted by molar-refractivity contribution is 0.660. The molecule has 0 saturated carbocycles. The molecule has 2 heterocycles. The largest absolute Gasteiger partial charge is 0.456 e. The highest BCUT2D eigenvalue weighted by atomic mass is 16.3. The average Bonchev–Trinajstić information content (AvgIpc) is 3.86. The minimum absolute atomic E-state index is 0.0968. The average molecular weight is 694 g/mol. The predicted octanol–water partition coefficient (Wildman–Crippen LogP) is 14.6. The Morgan fingerprint density at radius 1 is 0.370 bits per heavy atom. The van der Waals surface area contributed by atoms with Gasteiger partial charge in [0.25, 0.3) is 0 Å². The van der Waals surface area contributed by atoms with Crippen LogP contribution in [0.15, 0.2) is 185 Å². The van der Waals surface area contributed by atoms with Gasteiger partial charge in [0.1, 0.15) is 22.3 Å². The molecule has 3 nitrogen and oxygen atoms in total. The Hall–Kier alpha value is -6.84. The number of hydrogen-bond acceptors (Lipinski definition) is 3. The molecule has 0 saturated heterocycles. The summed E-state index contributed by atoms with van der Waals surface area (Å²) in [5, 5.41) is 4.41. The molecular weight excluding hydrogens is 659 g/mol. The van der Waals surface area contributed by atoms with Crippen LogP contribution in [0.4, 0.5) is 17.1 Å². The summed E-state index contributed by atoms with van der Waals surface area (Å²) in [6.45, 7) is 4.68. The number of rotatable bonds is 5. The molecule has 0 atom stereocenters. The van der Waals surface area contributed by atoms with E-state index in [-0.39, 0.29) is 5.41 Å². The van der Waals surface area contributed by atoms with E-state index in [0.29, 0.717) is 0 Å². The van der Waals surface area contributed by atoms with Crippen molar-refractivity contribution in [3.05, 3.63) is 187 Å². The second-order valence-electron chi connectivity index (χ2n) is 14.9. The summed E-state index contributed by atoms with van der Waals surface area (Å²) >= 11 is 0. The number of hydrogen-bond donors (Lipinski definition) is 0. The van der Waals surface area contributed by atoms with E-state index < -0.39 is 0 Å². The Labute approximate surface area is 313 Å². The van der Waals surface area contributed by atoms with Crippen molar-refractivity contribution >= 4 is 60.9 Å². The number of nitrogens with zero attached hydrogens (tertiary/aromatic N) is 1. The maximum Gasteiger partial charge on any atom is 0.136 e. The number of fused-ring (bicyclic) bond motifs is 10. The van der Waals surface area contributed by atoms with Crippen LogP contribution in [0.1, 0.15) is 25.0 Å². The molecule has 256 valence electrons. The molecule has 2 aromatic heterocycles. The first kappa shape index (κ1) is 30.8. The first-order valence-corrected chi connectivity index (χ1v) is 18.6. The van der Waals surface area contributed by atoms with Gasteiger partial charge in [-0.2, -0.15) is 0 Å². The molecule has 10 aromatic rings. The van der Waals surface area contributed by atoms with E-state index in [1.54, 1.807) is 0 Å². The Morgan fingerprint density at radius 2 is 0.907 bits per heavy atom. The summed E-state index contributed by atoms with van der Waals surface area (Å²) in [6, 6.07) is 63.0. The zero-order valence-corrected chi connectivity index (χ0v) is 30.0. The molecule has 0 radical (unpaired) electrons. The molecule has 0 fully saturated rings. The van der Waals surface area contributed by atoms with Crippen LogP contribution in [0, 0.1) is 0 Å². The van der Waals surface area contributed by atoms with Gasteiger partial charge >= 0.3 is 0 Å². The molecule has 0 amide bonds. The highest BCUT2D eigenvalue weighted by Crippen LogP contribution is 2.51. The van der Waals surface area contributed by atoms with Crippen molar-refractivity contribution in [3.8, 4) is 33.4 Å². The van der Waals surface area contributed by atoms with Gasteiger partial charge in [0.05, 0.1) is 0 Å². The number of para-hydroxylation sites is 1. The van der Waals surface area contributed by atoms with Gasteiger partial charge in [-0.25, -0.2) is 0 Å². The van der Waals surface area contributed by atoms with E-state index in [0.717, 1.165) is 72.1 Å². The van der Waals surface area contributed by atoms with E-state index in [1.807, 2.05) is 24.3 Å². The molecule has 8 aromatic carbocycles. The quantitative estimate of drug-likeness (QED) is 0.180. The normalized spacial score (nSPS) is 13.1. The third kappa shape index (κ3) is 4.61. The summed E-state index contributed by atoms with van der Waals surface area (Å²) in [6.07, 6.45) is 0. The van der Waals surface area contributed by atoms with Gasteiger partial charge < -0.3 is 13.7 Å². The second-order valence-corrected chi connectivity index (χ2v) is 14.9. The predicted molar refractivity (Wildman–Crippen MR) is 224 cm³/mol. The summed E-state index contributed by atoms with van der Waals surface area (Å²) < 4.78 is 12.7. The topological polar surface area (TPSA) is 29.5 Å². The van der Waals surface area contributed by atoms with Crippen LogP contribution in [-0.4, -0.2) is 0 Å². The standard InChI is InChI=1S/C51H35NO2/c1-51(2)43-14-8-6-12-39(43)40-27-25-38(31-44(40)51)52(36-21-16-33(17-22-36)32-10-4-3-5-11-32)37-23-18-34(19-24-37)35-20-26-42-48(30-35)54-47-29-28-46-49(50(42)47)41-13-7-9-15-45(41)53-46/h3-31H,1-2H3. The number of furan rings is 2. The summed E-state index contributed by atoms with van der Waals surface area (Å²) in [7, 11) is 0. The van der Waals surface area contributed by atoms with E-state index >= 15 is 0 Å². The lowest BCUT2D eigenvalue weighted by Crippen LogP contribution is -2.16. The zero-order valence-electron chi connectivity index (χ0n) is 30.0. The van der Waals surface area contributed by atoms with Gasteiger partial charge in [0.2, 0.25) is 0 Å². The number of benzene rings is 8. The van der Waals surface area contributed by atoms with Crippen molar-refractivity contribution in [1.82, 2.24) is 0 Å². The zero-order chi connectivity index (χ0) is 36.0. The van der Waals surface area contributed by atoms with Gasteiger partial charge in [-0.05, 0) is 111 Å². The van der Waals surface area contributed by atoms with Crippen molar-refractivity contribution in [2.75, 3.05) is 4.90 Å². The van der Waals surface area contributed by atoms with Crippen molar-refractivity contribution in [3.63, 3.8) is 0 Å². The number of anilines is 3. The highest BCUT2D eigenvalue weighted by molar-refractivity contribution is 6.25. The van der Waals surface area contributed by atoms with Crippen LogP contribution < -0.4 is 4.90 Å². The molecule has 0 aliphatic heterocycles. The van der Waals surface area contributed by atoms with Crippen molar-refractivity contribution in [2.24, 2.45) is 0 Å². The van der Waals surface area contributed by atoms with Crippen molar-refractivity contribution in [1.29, 1.82) is 0 Å². The van der Waals surface area contributed by atoms with Crippen LogP contribution in [0.2, 0.25) is 0 Å². The smallest absolute Gasteiger partial charge is 0.136 e. The molecule has 0 spiro atoms. The Morgan fingerprint density at radius 3 is 1.65 bits per heavy atom. The van der Waals surface area contributed by atoms with Gasteiger partial charge in [-0.15, -0.1) is 0 Å². The van der Waals surface area contributed by atoms with Crippen molar-refractivity contribution < 1.29 is 8.83 Å². The molecule has 0 N–H and O–H groups in total. The second kappa shape index (κ2) is 11.6. The van der Waals surface area contributed by atoms with Gasteiger partial charge in [-0.1, -0.05) is 123 Å². The van der Waals surface area contributed by atoms with Crippen LogP contribution in [-0.2, 0) is 5.41 Å². The van der Waals surface area contributed by atoms with E-state index in [9.17, 15) is 0 Å². The monoisotopic (exact) mass is 693 g/mol. The lowest BCUT2D eigenvalue weighted by atomic mass is 9.82. The fourth-order valence-electron chi connectivity index (χ4n) is 8.78. The molecule has 0 unspecified atom stereocenters. The summed E-state index contributed by atoms with van der Waals surface area (Å²) in [5.74, 6) is 0. The molecule has 11 rings (SSSR count). The van der Waals surface area contributed by atoms with Gasteiger partial charge in [0.15, 0.2) is 0 Å². The maximum absolute atomic E-state index is 6.49. The van der Waals surface area contributed by atoms with Gasteiger partial charge in [0, 0.05) is 44.0 Å². The Bertz CT molecular complexity index is 3060. The molecule has 54 heavy (non-hydrogen) atoms. The Kier molecular flexibility index (Phi) is 6.60. The third-order valence-corrected chi connectivity index (χ3v) is 11.5. The van der Waals surface area contributed by atoms with Crippen LogP contribution in [0.25, 0.3) is 77.3 Å². The van der Waals surface area contributed by atoms with E-state index in [4.69, 9.17) is 8.83 Å². The van der Waals surface area contributed by atoms with Crippen LogP contribution in [0.5, 0.6) is 0 Å². The van der Waals surface area contributed by atoms with Gasteiger partial charge in [-0.3, -0.25) is 0 Å². The minimum Gasteiger partial charge on any atom is -0.456 e. The van der Waals surface area contributed by atoms with Crippen LogP contribution >= 0.6 is 0 Å². The molecular formula is C51H35NO2. The Balaban J connectivity index is 1.00.